The van der Waals surface area contributed by atoms with E-state index in [1.165, 1.54) is 19.3 Å². The van der Waals surface area contributed by atoms with E-state index in [-0.39, 0.29) is 16.7 Å². The summed E-state index contributed by atoms with van der Waals surface area (Å²) in [5.41, 5.74) is 0. The number of nitriles is 1. The molecule has 0 radical (unpaired) electrons. The van der Waals surface area contributed by atoms with Gasteiger partial charge in [-0.05, 0) is 44.3 Å². The number of carbonyl (C=O) groups is 1. The first kappa shape index (κ1) is 13.7. The van der Waals surface area contributed by atoms with Crippen molar-refractivity contribution in [2.24, 2.45) is 5.92 Å². The molecule has 1 aliphatic heterocycles. The van der Waals surface area contributed by atoms with E-state index in [0.717, 1.165) is 31.4 Å². The van der Waals surface area contributed by atoms with Crippen LogP contribution in [0.1, 0.15) is 51.9 Å². The second kappa shape index (κ2) is 5.97. The van der Waals surface area contributed by atoms with Crippen LogP contribution >= 0.6 is 11.8 Å². The minimum Gasteiger partial charge on any atom is -0.339 e. The highest BCUT2D eigenvalue weighted by molar-refractivity contribution is 8.01. The van der Waals surface area contributed by atoms with Gasteiger partial charge in [-0.1, -0.05) is 19.3 Å². The smallest absolute Gasteiger partial charge is 0.236 e. The molecule has 2 aliphatic rings. The highest BCUT2D eigenvalue weighted by Gasteiger charge is 2.39. The molecule has 1 saturated heterocycles. The first-order valence-corrected chi connectivity index (χ1v) is 7.99. The normalized spacial score (nSPS) is 30.7. The number of hydrogen-bond donors (Lipinski definition) is 1. The third kappa shape index (κ3) is 3.00. The molecule has 1 saturated carbocycles. The minimum absolute atomic E-state index is 0.0714. The first-order valence-electron chi connectivity index (χ1n) is 7.00. The first-order chi connectivity index (χ1) is 8.65. The zero-order valence-corrected chi connectivity index (χ0v) is 11.9. The number of nitrogens with zero attached hydrogens (tertiary/aromatic N) is 1. The Morgan fingerprint density at radius 2 is 2.11 bits per heavy atom. The predicted octanol–water partition coefficient (Wildman–Crippen LogP) is 2.86. The largest absolute Gasteiger partial charge is 0.339 e. The zero-order valence-electron chi connectivity index (χ0n) is 11.1. The molecule has 2 rings (SSSR count). The van der Waals surface area contributed by atoms with E-state index >= 15 is 0 Å². The Morgan fingerprint density at radius 1 is 1.39 bits per heavy atom. The van der Waals surface area contributed by atoms with Crippen LogP contribution in [0.2, 0.25) is 0 Å². The highest BCUT2D eigenvalue weighted by Crippen LogP contribution is 2.38. The third-order valence-corrected chi connectivity index (χ3v) is 5.77. The maximum Gasteiger partial charge on any atom is 0.236 e. The quantitative estimate of drug-likeness (QED) is 0.854. The van der Waals surface area contributed by atoms with Gasteiger partial charge in [-0.25, -0.2) is 0 Å². The summed E-state index contributed by atoms with van der Waals surface area (Å²) in [4.78, 5) is 12.3. The number of rotatable bonds is 3. The van der Waals surface area contributed by atoms with Gasteiger partial charge in [-0.2, -0.15) is 5.26 Å². The third-order valence-electron chi connectivity index (χ3n) is 4.25. The average Bonchev–Trinajstić information content (AvgIpc) is 2.85. The van der Waals surface area contributed by atoms with Crippen molar-refractivity contribution < 1.29 is 4.79 Å². The lowest BCUT2D eigenvalue weighted by molar-refractivity contribution is -0.123. The van der Waals surface area contributed by atoms with Gasteiger partial charge in [-0.3, -0.25) is 4.79 Å². The summed E-state index contributed by atoms with van der Waals surface area (Å²) >= 11 is 1.73. The summed E-state index contributed by atoms with van der Waals surface area (Å²) in [5, 5.41) is 12.3. The summed E-state index contributed by atoms with van der Waals surface area (Å²) in [6.07, 6.45) is 7.89. The molecule has 0 aromatic carbocycles. The molecule has 1 heterocycles. The van der Waals surface area contributed by atoms with Gasteiger partial charge in [0.2, 0.25) is 5.91 Å². The molecule has 2 fully saturated rings. The second-order valence-electron chi connectivity index (χ2n) is 5.66. The lowest BCUT2D eigenvalue weighted by Gasteiger charge is -2.29. The fourth-order valence-electron chi connectivity index (χ4n) is 2.98. The maximum atomic E-state index is 12.3. The van der Waals surface area contributed by atoms with Crippen molar-refractivity contribution in [1.29, 1.82) is 5.26 Å². The molecule has 0 spiro atoms. The van der Waals surface area contributed by atoms with E-state index < -0.39 is 0 Å². The molecule has 3 nitrogen and oxygen atoms in total. The molecule has 4 heteroatoms. The van der Waals surface area contributed by atoms with Crippen LogP contribution < -0.4 is 5.32 Å². The standard InChI is InChI=1S/C14H22N2OS/c1-14(8-5-9-18-14)13(17)16-12(10-15)11-6-3-2-4-7-11/h11-12H,2-9H2,1H3,(H,16,17). The lowest BCUT2D eigenvalue weighted by atomic mass is 9.84. The van der Waals surface area contributed by atoms with E-state index in [1.54, 1.807) is 11.8 Å². The van der Waals surface area contributed by atoms with E-state index in [9.17, 15) is 10.1 Å². The number of thioether (sulfide) groups is 1. The Kier molecular flexibility index (Phi) is 4.55. The number of carbonyl (C=O) groups excluding carboxylic acids is 1. The van der Waals surface area contributed by atoms with Crippen molar-refractivity contribution >= 4 is 17.7 Å². The van der Waals surface area contributed by atoms with Crippen molar-refractivity contribution in [1.82, 2.24) is 5.32 Å². The van der Waals surface area contributed by atoms with E-state index in [4.69, 9.17) is 0 Å². The highest BCUT2D eigenvalue weighted by atomic mass is 32.2. The monoisotopic (exact) mass is 266 g/mol. The van der Waals surface area contributed by atoms with Gasteiger partial charge in [0.15, 0.2) is 0 Å². The van der Waals surface area contributed by atoms with Crippen molar-refractivity contribution in [3.8, 4) is 6.07 Å². The molecule has 100 valence electrons. The van der Waals surface area contributed by atoms with Gasteiger partial charge < -0.3 is 5.32 Å². The molecule has 1 amide bonds. The average molecular weight is 266 g/mol. The Labute approximate surface area is 114 Å². The Bertz CT molecular complexity index is 338. The van der Waals surface area contributed by atoms with Crippen LogP contribution in [-0.4, -0.2) is 22.4 Å². The molecule has 1 N–H and O–H groups in total. The van der Waals surface area contributed by atoms with Crippen LogP contribution in [0.25, 0.3) is 0 Å². The van der Waals surface area contributed by atoms with Crippen LogP contribution in [-0.2, 0) is 4.79 Å². The van der Waals surface area contributed by atoms with E-state index in [2.05, 4.69) is 11.4 Å². The Morgan fingerprint density at radius 3 is 2.67 bits per heavy atom. The Balaban J connectivity index is 1.93. The molecule has 0 aromatic heterocycles. The van der Waals surface area contributed by atoms with Crippen molar-refractivity contribution in [2.75, 3.05) is 5.75 Å². The van der Waals surface area contributed by atoms with E-state index in [0.29, 0.717) is 5.92 Å². The lowest BCUT2D eigenvalue weighted by Crippen LogP contribution is -2.48. The van der Waals surface area contributed by atoms with Crippen LogP contribution in [0, 0.1) is 17.2 Å². The fourth-order valence-corrected chi connectivity index (χ4v) is 4.19. The molecule has 2 unspecified atom stereocenters. The van der Waals surface area contributed by atoms with Crippen molar-refractivity contribution in [3.05, 3.63) is 0 Å². The second-order valence-corrected chi connectivity index (χ2v) is 7.26. The van der Waals surface area contributed by atoms with Crippen LogP contribution in [0.4, 0.5) is 0 Å². The number of nitrogens with one attached hydrogen (secondary N) is 1. The van der Waals surface area contributed by atoms with Gasteiger partial charge in [0.1, 0.15) is 6.04 Å². The van der Waals surface area contributed by atoms with Crippen LogP contribution in [0.15, 0.2) is 0 Å². The molecule has 1 aliphatic carbocycles. The molecule has 0 aromatic rings. The molecule has 18 heavy (non-hydrogen) atoms. The summed E-state index contributed by atoms with van der Waals surface area (Å²) in [6, 6.07) is 2.02. The van der Waals surface area contributed by atoms with E-state index in [1.807, 2.05) is 6.92 Å². The van der Waals surface area contributed by atoms with Crippen molar-refractivity contribution in [3.63, 3.8) is 0 Å². The fraction of sp³-hybridized carbons (Fsp3) is 0.857. The summed E-state index contributed by atoms with van der Waals surface area (Å²) in [5.74, 6) is 1.50. The zero-order chi connectivity index (χ0) is 13.0. The molecule has 0 bridgehead atoms. The van der Waals surface area contributed by atoms with Gasteiger partial charge in [0, 0.05) is 0 Å². The van der Waals surface area contributed by atoms with Gasteiger partial charge >= 0.3 is 0 Å². The van der Waals surface area contributed by atoms with Gasteiger partial charge in [0.25, 0.3) is 0 Å². The van der Waals surface area contributed by atoms with Crippen LogP contribution in [0.3, 0.4) is 0 Å². The molecular formula is C14H22N2OS. The number of hydrogen-bond acceptors (Lipinski definition) is 3. The predicted molar refractivity (Wildman–Crippen MR) is 74.2 cm³/mol. The Hall–Kier alpha value is -0.690. The topological polar surface area (TPSA) is 52.9 Å². The minimum atomic E-state index is -0.302. The number of amides is 1. The van der Waals surface area contributed by atoms with Crippen molar-refractivity contribution in [2.45, 2.75) is 62.7 Å². The molecule has 2 atom stereocenters. The van der Waals surface area contributed by atoms with Gasteiger partial charge in [-0.15, -0.1) is 11.8 Å². The maximum absolute atomic E-state index is 12.3. The summed E-state index contributed by atoms with van der Waals surface area (Å²) in [7, 11) is 0. The van der Waals surface area contributed by atoms with Gasteiger partial charge in [0.05, 0.1) is 10.8 Å². The summed E-state index contributed by atoms with van der Waals surface area (Å²) in [6.45, 7) is 2.01. The SMILES string of the molecule is CC1(C(=O)NC(C#N)C2CCCCC2)CCCS1. The van der Waals surface area contributed by atoms with Crippen LogP contribution in [0.5, 0.6) is 0 Å². The summed E-state index contributed by atoms with van der Waals surface area (Å²) < 4.78 is -0.302. The molecular weight excluding hydrogens is 244 g/mol.